The molecular formula is C15H19NO3. The van der Waals surface area contributed by atoms with Gasteiger partial charge in [0.25, 0.3) is 0 Å². The molecule has 0 bridgehead atoms. The van der Waals surface area contributed by atoms with Crippen LogP contribution in [-0.2, 0) is 16.2 Å². The molecule has 0 atom stereocenters. The van der Waals surface area contributed by atoms with Crippen molar-refractivity contribution in [1.29, 1.82) is 0 Å². The summed E-state index contributed by atoms with van der Waals surface area (Å²) in [5, 5.41) is 13.2. The second-order valence-electron chi connectivity index (χ2n) is 5.02. The van der Waals surface area contributed by atoms with Crippen molar-refractivity contribution in [2.75, 3.05) is 0 Å². The lowest BCUT2D eigenvalue weighted by Crippen LogP contribution is -2.34. The van der Waals surface area contributed by atoms with Gasteiger partial charge in [0.2, 0.25) is 0 Å². The van der Waals surface area contributed by atoms with Crippen LogP contribution >= 0.6 is 0 Å². The Hall–Kier alpha value is -1.84. The number of benzene rings is 1. The standard InChI is InChI=1S/C15H19NO3/c17-14(18)15(9-5-2-6-10-15)12-16-19-11-13-7-3-1-4-8-13/h1,3-4,7-8,12H,2,5-6,9-11H2,(H,17,18). The summed E-state index contributed by atoms with van der Waals surface area (Å²) in [6.07, 6.45) is 5.78. The minimum atomic E-state index is -0.824. The van der Waals surface area contributed by atoms with E-state index in [9.17, 15) is 9.90 Å². The maximum atomic E-state index is 11.4. The molecule has 4 nitrogen and oxygen atoms in total. The molecule has 0 heterocycles. The van der Waals surface area contributed by atoms with Crippen LogP contribution in [0.2, 0.25) is 0 Å². The van der Waals surface area contributed by atoms with Crippen molar-refractivity contribution >= 4 is 12.2 Å². The zero-order chi connectivity index (χ0) is 13.6. The molecule has 4 heteroatoms. The predicted octanol–water partition coefficient (Wildman–Crippen LogP) is 3.22. The summed E-state index contributed by atoms with van der Waals surface area (Å²) >= 11 is 0. The van der Waals surface area contributed by atoms with E-state index < -0.39 is 11.4 Å². The van der Waals surface area contributed by atoms with E-state index in [1.807, 2.05) is 30.3 Å². The Bertz CT molecular complexity index is 436. The molecule has 1 aliphatic rings. The molecule has 0 aliphatic heterocycles. The van der Waals surface area contributed by atoms with E-state index in [0.717, 1.165) is 24.8 Å². The first-order valence-corrected chi connectivity index (χ1v) is 6.67. The fourth-order valence-electron chi connectivity index (χ4n) is 2.41. The van der Waals surface area contributed by atoms with Crippen molar-refractivity contribution in [2.24, 2.45) is 10.6 Å². The van der Waals surface area contributed by atoms with Gasteiger partial charge in [-0.2, -0.15) is 0 Å². The van der Waals surface area contributed by atoms with E-state index in [4.69, 9.17) is 4.84 Å². The lowest BCUT2D eigenvalue weighted by molar-refractivity contribution is -0.146. The van der Waals surface area contributed by atoms with E-state index >= 15 is 0 Å². The average molecular weight is 261 g/mol. The summed E-state index contributed by atoms with van der Waals surface area (Å²) < 4.78 is 0. The number of rotatable bonds is 5. The average Bonchev–Trinajstić information content (AvgIpc) is 2.46. The highest BCUT2D eigenvalue weighted by Crippen LogP contribution is 2.35. The van der Waals surface area contributed by atoms with Gasteiger partial charge in [0.05, 0.1) is 6.21 Å². The van der Waals surface area contributed by atoms with Gasteiger partial charge >= 0.3 is 5.97 Å². The minimum absolute atomic E-state index is 0.368. The quantitative estimate of drug-likeness (QED) is 0.654. The smallest absolute Gasteiger partial charge is 0.315 e. The fraction of sp³-hybridized carbons (Fsp3) is 0.467. The molecule has 1 aliphatic carbocycles. The first-order chi connectivity index (χ1) is 9.23. The van der Waals surface area contributed by atoms with Gasteiger partial charge in [-0.1, -0.05) is 54.8 Å². The molecule has 1 aromatic carbocycles. The van der Waals surface area contributed by atoms with Crippen LogP contribution in [0.25, 0.3) is 0 Å². The summed E-state index contributed by atoms with van der Waals surface area (Å²) in [4.78, 5) is 16.6. The number of hydrogen-bond acceptors (Lipinski definition) is 3. The van der Waals surface area contributed by atoms with Gasteiger partial charge in [-0.3, -0.25) is 4.79 Å². The highest BCUT2D eigenvalue weighted by molar-refractivity contribution is 5.93. The SMILES string of the molecule is O=C(O)C1(C=NOCc2ccccc2)CCCCC1. The Morgan fingerprint density at radius 3 is 2.58 bits per heavy atom. The number of carboxylic acids is 1. The third kappa shape index (κ3) is 3.56. The monoisotopic (exact) mass is 261 g/mol. The Morgan fingerprint density at radius 1 is 1.26 bits per heavy atom. The molecule has 0 amide bonds. The number of carbonyl (C=O) groups is 1. The first kappa shape index (κ1) is 13.6. The molecular weight excluding hydrogens is 242 g/mol. The zero-order valence-corrected chi connectivity index (χ0v) is 10.9. The van der Waals surface area contributed by atoms with Crippen molar-refractivity contribution in [2.45, 2.75) is 38.7 Å². The van der Waals surface area contributed by atoms with E-state index in [0.29, 0.717) is 19.4 Å². The highest BCUT2D eigenvalue weighted by atomic mass is 16.6. The fourth-order valence-corrected chi connectivity index (χ4v) is 2.41. The molecule has 0 spiro atoms. The number of oxime groups is 1. The van der Waals surface area contributed by atoms with Crippen molar-refractivity contribution in [3.63, 3.8) is 0 Å². The van der Waals surface area contributed by atoms with Crippen molar-refractivity contribution in [3.8, 4) is 0 Å². The molecule has 1 aromatic rings. The van der Waals surface area contributed by atoms with Crippen LogP contribution in [0.4, 0.5) is 0 Å². The molecule has 0 aromatic heterocycles. The number of hydrogen-bond donors (Lipinski definition) is 1. The Balaban J connectivity index is 1.91. The first-order valence-electron chi connectivity index (χ1n) is 6.67. The predicted molar refractivity (Wildman–Crippen MR) is 72.9 cm³/mol. The molecule has 19 heavy (non-hydrogen) atoms. The molecule has 0 unspecified atom stereocenters. The van der Waals surface area contributed by atoms with Gasteiger partial charge in [-0.25, -0.2) is 0 Å². The normalized spacial score (nSPS) is 18.3. The molecule has 1 N–H and O–H groups in total. The van der Waals surface area contributed by atoms with Crippen LogP contribution in [0.5, 0.6) is 0 Å². The van der Waals surface area contributed by atoms with Crippen LogP contribution in [-0.4, -0.2) is 17.3 Å². The lowest BCUT2D eigenvalue weighted by atomic mass is 9.75. The highest BCUT2D eigenvalue weighted by Gasteiger charge is 2.38. The lowest BCUT2D eigenvalue weighted by Gasteiger charge is -2.28. The van der Waals surface area contributed by atoms with Gasteiger partial charge < -0.3 is 9.94 Å². The van der Waals surface area contributed by atoms with E-state index in [1.165, 1.54) is 6.21 Å². The maximum Gasteiger partial charge on any atom is 0.315 e. The summed E-state index contributed by atoms with van der Waals surface area (Å²) in [5.74, 6) is -0.792. The van der Waals surface area contributed by atoms with E-state index in [-0.39, 0.29) is 0 Å². The largest absolute Gasteiger partial charge is 0.481 e. The van der Waals surface area contributed by atoms with Crippen molar-refractivity contribution in [3.05, 3.63) is 35.9 Å². The van der Waals surface area contributed by atoms with Crippen molar-refractivity contribution in [1.82, 2.24) is 0 Å². The number of nitrogens with zero attached hydrogens (tertiary/aromatic N) is 1. The summed E-state index contributed by atoms with van der Waals surface area (Å²) in [5.41, 5.74) is 0.197. The third-order valence-electron chi connectivity index (χ3n) is 3.62. The van der Waals surface area contributed by atoms with Crippen LogP contribution in [0.1, 0.15) is 37.7 Å². The molecule has 2 rings (SSSR count). The van der Waals surface area contributed by atoms with Crippen LogP contribution in [0, 0.1) is 5.41 Å². The van der Waals surface area contributed by atoms with Crippen molar-refractivity contribution < 1.29 is 14.7 Å². The van der Waals surface area contributed by atoms with Gasteiger partial charge in [-0.15, -0.1) is 0 Å². The van der Waals surface area contributed by atoms with Crippen LogP contribution in [0.3, 0.4) is 0 Å². The molecule has 0 saturated heterocycles. The Morgan fingerprint density at radius 2 is 1.95 bits per heavy atom. The van der Waals surface area contributed by atoms with Gasteiger partial charge in [0.15, 0.2) is 0 Å². The minimum Gasteiger partial charge on any atom is -0.481 e. The van der Waals surface area contributed by atoms with E-state index in [2.05, 4.69) is 5.16 Å². The van der Waals surface area contributed by atoms with Gasteiger partial charge in [0, 0.05) is 0 Å². The summed E-state index contributed by atoms with van der Waals surface area (Å²) in [6.45, 7) is 0.368. The summed E-state index contributed by atoms with van der Waals surface area (Å²) in [7, 11) is 0. The topological polar surface area (TPSA) is 58.9 Å². The molecule has 1 saturated carbocycles. The molecule has 0 radical (unpaired) electrons. The molecule has 1 fully saturated rings. The van der Waals surface area contributed by atoms with Crippen LogP contribution < -0.4 is 0 Å². The third-order valence-corrected chi connectivity index (χ3v) is 3.62. The second-order valence-corrected chi connectivity index (χ2v) is 5.02. The van der Waals surface area contributed by atoms with Gasteiger partial charge in [-0.05, 0) is 18.4 Å². The second kappa shape index (κ2) is 6.36. The number of carboxylic acid groups (broad SMARTS) is 1. The van der Waals surface area contributed by atoms with Gasteiger partial charge in [0.1, 0.15) is 12.0 Å². The number of aliphatic carboxylic acids is 1. The Labute approximate surface area is 113 Å². The zero-order valence-electron chi connectivity index (χ0n) is 10.9. The Kier molecular flexibility index (Phi) is 4.55. The van der Waals surface area contributed by atoms with E-state index in [1.54, 1.807) is 0 Å². The summed E-state index contributed by atoms with van der Waals surface area (Å²) in [6, 6.07) is 9.70. The van der Waals surface area contributed by atoms with Crippen LogP contribution in [0.15, 0.2) is 35.5 Å². The molecule has 102 valence electrons. The maximum absolute atomic E-state index is 11.4.